The zero-order valence-corrected chi connectivity index (χ0v) is 17.2. The van der Waals surface area contributed by atoms with Gasteiger partial charge in [0.1, 0.15) is 0 Å². The summed E-state index contributed by atoms with van der Waals surface area (Å²) in [5.74, 6) is -0.605. The fourth-order valence-electron chi connectivity index (χ4n) is 2.79. The number of halogens is 3. The molecule has 4 N–H and O–H groups in total. The number of para-hydroxylation sites is 1. The summed E-state index contributed by atoms with van der Waals surface area (Å²) in [6.07, 6.45) is -4.74. The Kier molecular flexibility index (Phi) is 8.01. The van der Waals surface area contributed by atoms with Gasteiger partial charge in [-0.3, -0.25) is 4.79 Å². The summed E-state index contributed by atoms with van der Waals surface area (Å²) in [6, 6.07) is 9.04. The minimum atomic E-state index is -4.52. The monoisotopic (exact) mass is 441 g/mol. The molecule has 2 aromatic rings. The van der Waals surface area contributed by atoms with Crippen LogP contribution < -0.4 is 16.4 Å². The van der Waals surface area contributed by atoms with Gasteiger partial charge in [-0.25, -0.2) is 0 Å². The lowest BCUT2D eigenvalue weighted by atomic mass is 10.0. The highest BCUT2D eigenvalue weighted by Gasteiger charge is 2.31. The summed E-state index contributed by atoms with van der Waals surface area (Å²) in [6.45, 7) is 0.273. The molecular formula is C20H22F3N3O3S. The molecule has 0 fully saturated rings. The van der Waals surface area contributed by atoms with Crippen molar-refractivity contribution in [3.63, 3.8) is 0 Å². The van der Waals surface area contributed by atoms with Crippen LogP contribution in [0, 0.1) is 0 Å². The van der Waals surface area contributed by atoms with E-state index in [0.717, 1.165) is 17.7 Å². The highest BCUT2D eigenvalue weighted by molar-refractivity contribution is 7.80. The molecule has 2 rings (SSSR count). The van der Waals surface area contributed by atoms with Crippen molar-refractivity contribution in [3.05, 3.63) is 59.2 Å². The second-order valence-corrected chi connectivity index (χ2v) is 6.78. The molecule has 2 aromatic carbocycles. The number of thiocarbonyl (C=S) groups is 1. The minimum absolute atomic E-state index is 0.0802. The number of alkyl halides is 3. The van der Waals surface area contributed by atoms with Crippen LogP contribution in [-0.4, -0.2) is 25.3 Å². The first kappa shape index (κ1) is 23.4. The van der Waals surface area contributed by atoms with E-state index in [4.69, 9.17) is 22.7 Å². The molecule has 0 bridgehead atoms. The number of methoxy groups -OCH3 is 2. The van der Waals surface area contributed by atoms with Crippen LogP contribution >= 0.6 is 12.2 Å². The van der Waals surface area contributed by atoms with Gasteiger partial charge in [0.15, 0.2) is 5.11 Å². The molecule has 0 saturated heterocycles. The Morgan fingerprint density at radius 2 is 1.90 bits per heavy atom. The number of anilines is 2. The van der Waals surface area contributed by atoms with Crippen LogP contribution in [-0.2, 0) is 27.1 Å². The number of carbonyl (C=O) groups excluding carboxylic acids is 1. The van der Waals surface area contributed by atoms with Crippen molar-refractivity contribution in [1.82, 2.24) is 5.32 Å². The topological polar surface area (TPSA) is 85.6 Å². The normalized spacial score (nSPS) is 12.2. The lowest BCUT2D eigenvalue weighted by molar-refractivity contribution is -0.141. The molecule has 0 aliphatic carbocycles. The van der Waals surface area contributed by atoms with Crippen LogP contribution in [0.1, 0.15) is 29.2 Å². The quantitative estimate of drug-likeness (QED) is 0.340. The highest BCUT2D eigenvalue weighted by Crippen LogP contribution is 2.31. The molecule has 0 amide bonds. The third kappa shape index (κ3) is 6.33. The van der Waals surface area contributed by atoms with Crippen LogP contribution in [0.5, 0.6) is 0 Å². The molecule has 30 heavy (non-hydrogen) atoms. The minimum Gasteiger partial charge on any atom is -0.469 e. The first-order chi connectivity index (χ1) is 14.2. The Hall–Kier alpha value is -2.85. The lowest BCUT2D eigenvalue weighted by Crippen LogP contribution is -2.34. The SMILES string of the molecule is COCc1cccc(N)c1NC(=S)NC(CC(=O)OC)c1cccc(C(F)(F)F)c1. The largest absolute Gasteiger partial charge is 0.469 e. The molecule has 0 aliphatic rings. The fraction of sp³-hybridized carbons (Fsp3) is 0.300. The number of ether oxygens (including phenoxy) is 2. The molecule has 1 unspecified atom stereocenters. The zero-order chi connectivity index (χ0) is 22.3. The number of esters is 1. The zero-order valence-electron chi connectivity index (χ0n) is 16.4. The van der Waals surface area contributed by atoms with Crippen LogP contribution in [0.4, 0.5) is 24.5 Å². The highest BCUT2D eigenvalue weighted by atomic mass is 32.1. The summed E-state index contributed by atoms with van der Waals surface area (Å²) in [5, 5.41) is 5.90. The van der Waals surface area contributed by atoms with E-state index < -0.39 is 23.8 Å². The van der Waals surface area contributed by atoms with E-state index in [2.05, 4.69) is 15.4 Å². The molecule has 6 nitrogen and oxygen atoms in total. The molecule has 0 radical (unpaired) electrons. The molecule has 0 heterocycles. The third-order valence-electron chi connectivity index (χ3n) is 4.24. The Bertz CT molecular complexity index is 906. The maximum atomic E-state index is 13.1. The van der Waals surface area contributed by atoms with E-state index in [1.807, 2.05) is 0 Å². The van der Waals surface area contributed by atoms with Crippen molar-refractivity contribution < 1.29 is 27.4 Å². The maximum absolute atomic E-state index is 13.1. The van der Waals surface area contributed by atoms with Crippen molar-refractivity contribution in [1.29, 1.82) is 0 Å². The number of hydrogen-bond donors (Lipinski definition) is 3. The van der Waals surface area contributed by atoms with Gasteiger partial charge < -0.3 is 25.8 Å². The van der Waals surface area contributed by atoms with Gasteiger partial charge in [-0.2, -0.15) is 13.2 Å². The molecule has 162 valence electrons. The van der Waals surface area contributed by atoms with Crippen molar-refractivity contribution in [2.75, 3.05) is 25.3 Å². The van der Waals surface area contributed by atoms with Gasteiger partial charge in [-0.1, -0.05) is 24.3 Å². The van der Waals surface area contributed by atoms with E-state index in [9.17, 15) is 18.0 Å². The molecule has 0 saturated carbocycles. The second-order valence-electron chi connectivity index (χ2n) is 6.37. The Balaban J connectivity index is 2.28. The van der Waals surface area contributed by atoms with Gasteiger partial charge in [0.25, 0.3) is 0 Å². The third-order valence-corrected chi connectivity index (χ3v) is 4.46. The van der Waals surface area contributed by atoms with E-state index in [0.29, 0.717) is 11.4 Å². The van der Waals surface area contributed by atoms with Gasteiger partial charge in [-0.05, 0) is 36.0 Å². The molecule has 0 spiro atoms. The fourth-order valence-corrected chi connectivity index (χ4v) is 3.03. The van der Waals surface area contributed by atoms with Crippen LogP contribution in [0.2, 0.25) is 0 Å². The smallest absolute Gasteiger partial charge is 0.416 e. The summed E-state index contributed by atoms with van der Waals surface area (Å²) in [4.78, 5) is 11.8. The first-order valence-corrected chi connectivity index (χ1v) is 9.24. The van der Waals surface area contributed by atoms with E-state index in [-0.39, 0.29) is 23.7 Å². The predicted molar refractivity (Wildman–Crippen MR) is 112 cm³/mol. The first-order valence-electron chi connectivity index (χ1n) is 8.83. The number of nitrogen functional groups attached to an aromatic ring is 1. The van der Waals surface area contributed by atoms with Gasteiger partial charge >= 0.3 is 12.1 Å². The summed E-state index contributed by atoms with van der Waals surface area (Å²) >= 11 is 5.32. The van der Waals surface area contributed by atoms with E-state index in [1.54, 1.807) is 18.2 Å². The predicted octanol–water partition coefficient (Wildman–Crippen LogP) is 4.02. The Morgan fingerprint density at radius 1 is 1.20 bits per heavy atom. The summed E-state index contributed by atoms with van der Waals surface area (Å²) in [7, 11) is 2.73. The van der Waals surface area contributed by atoms with Gasteiger partial charge in [0, 0.05) is 12.7 Å². The summed E-state index contributed by atoms with van der Waals surface area (Å²) in [5.41, 5.74) is 7.08. The van der Waals surface area contributed by atoms with E-state index >= 15 is 0 Å². The molecule has 0 aromatic heterocycles. The molecule has 10 heteroatoms. The Labute approximate surface area is 177 Å². The maximum Gasteiger partial charge on any atom is 0.416 e. The van der Waals surface area contributed by atoms with Gasteiger partial charge in [0.2, 0.25) is 0 Å². The van der Waals surface area contributed by atoms with Gasteiger partial charge in [0.05, 0.1) is 43.1 Å². The number of hydrogen-bond acceptors (Lipinski definition) is 5. The number of nitrogens with one attached hydrogen (secondary N) is 2. The second kappa shape index (κ2) is 10.3. The standard InChI is InChI=1S/C20H22F3N3O3S/c1-28-11-13-6-4-8-15(24)18(13)26-19(30)25-16(10-17(27)29-2)12-5-3-7-14(9-12)20(21,22)23/h3-9,16H,10-11,24H2,1-2H3,(H2,25,26,30). The van der Waals surface area contributed by atoms with Crippen LogP contribution in [0.25, 0.3) is 0 Å². The van der Waals surface area contributed by atoms with Crippen molar-refractivity contribution in [2.24, 2.45) is 0 Å². The number of rotatable bonds is 7. The number of nitrogens with two attached hydrogens (primary N) is 1. The van der Waals surface area contributed by atoms with Crippen molar-refractivity contribution in [3.8, 4) is 0 Å². The average molecular weight is 441 g/mol. The van der Waals surface area contributed by atoms with Crippen molar-refractivity contribution >= 4 is 34.7 Å². The molecular weight excluding hydrogens is 419 g/mol. The van der Waals surface area contributed by atoms with Crippen molar-refractivity contribution in [2.45, 2.75) is 25.2 Å². The van der Waals surface area contributed by atoms with Gasteiger partial charge in [-0.15, -0.1) is 0 Å². The average Bonchev–Trinajstić information content (AvgIpc) is 2.69. The molecule has 0 aliphatic heterocycles. The van der Waals surface area contributed by atoms with E-state index in [1.165, 1.54) is 26.4 Å². The number of carbonyl (C=O) groups is 1. The summed E-state index contributed by atoms with van der Waals surface area (Å²) < 4.78 is 49.1. The lowest BCUT2D eigenvalue weighted by Gasteiger charge is -2.22. The Morgan fingerprint density at radius 3 is 2.53 bits per heavy atom. The number of benzene rings is 2. The molecule has 1 atom stereocenters. The van der Waals surface area contributed by atoms with Crippen LogP contribution in [0.15, 0.2) is 42.5 Å². The van der Waals surface area contributed by atoms with Crippen LogP contribution in [0.3, 0.4) is 0 Å².